The van der Waals surface area contributed by atoms with Crippen LogP contribution < -0.4 is 0 Å². The molecule has 2 aliphatic rings. The minimum Gasteiger partial charge on any atom is -0.303 e. The summed E-state index contributed by atoms with van der Waals surface area (Å²) in [5.74, 6) is 3.70. The quantitative estimate of drug-likeness (QED) is 0.848. The highest BCUT2D eigenvalue weighted by Crippen LogP contribution is 2.27. The third-order valence-corrected chi connectivity index (χ3v) is 4.99. The van der Waals surface area contributed by atoms with E-state index in [0.717, 1.165) is 30.0 Å². The summed E-state index contributed by atoms with van der Waals surface area (Å²) in [6.07, 6.45) is 8.54. The van der Waals surface area contributed by atoms with E-state index < -0.39 is 0 Å². The van der Waals surface area contributed by atoms with Crippen molar-refractivity contribution in [1.29, 1.82) is 0 Å². The highest BCUT2D eigenvalue weighted by atomic mass is 15.3. The van der Waals surface area contributed by atoms with Gasteiger partial charge in [-0.1, -0.05) is 12.8 Å². The number of rotatable bonds is 4. The van der Waals surface area contributed by atoms with Crippen molar-refractivity contribution in [3.63, 3.8) is 0 Å². The topological polar surface area (TPSA) is 34.0 Å². The van der Waals surface area contributed by atoms with Crippen molar-refractivity contribution in [2.24, 2.45) is 11.8 Å². The van der Waals surface area contributed by atoms with Gasteiger partial charge in [-0.15, -0.1) is 0 Å². The van der Waals surface area contributed by atoms with Crippen LogP contribution in [0.2, 0.25) is 0 Å². The summed E-state index contributed by atoms with van der Waals surface area (Å²) < 4.78 is 2.11. The number of likely N-dealkylation sites (tertiary alicyclic amines) is 1. The SMILES string of the molecule is Cc1nc(C)n(CC2CCCN(CC3CCCC3)C2)n1. The van der Waals surface area contributed by atoms with Gasteiger partial charge in [0.1, 0.15) is 11.6 Å². The lowest BCUT2D eigenvalue weighted by atomic mass is 9.96. The highest BCUT2D eigenvalue weighted by molar-refractivity contribution is 4.88. The minimum absolute atomic E-state index is 0.755. The molecule has 3 rings (SSSR count). The van der Waals surface area contributed by atoms with Gasteiger partial charge >= 0.3 is 0 Å². The zero-order valence-corrected chi connectivity index (χ0v) is 13.0. The first-order valence-corrected chi connectivity index (χ1v) is 8.31. The molecule has 1 atom stereocenters. The molecule has 2 fully saturated rings. The fourth-order valence-corrected chi connectivity index (χ4v) is 4.00. The third kappa shape index (κ3) is 3.40. The van der Waals surface area contributed by atoms with E-state index in [1.807, 2.05) is 6.92 Å². The zero-order chi connectivity index (χ0) is 13.9. The molecule has 4 nitrogen and oxygen atoms in total. The molecular formula is C16H28N4. The second-order valence-electron chi connectivity index (χ2n) is 6.81. The first-order chi connectivity index (χ1) is 9.70. The summed E-state index contributed by atoms with van der Waals surface area (Å²) in [4.78, 5) is 7.13. The molecule has 1 aliphatic carbocycles. The van der Waals surface area contributed by atoms with Crippen molar-refractivity contribution in [3.05, 3.63) is 11.6 Å². The van der Waals surface area contributed by atoms with Crippen LogP contribution in [0.1, 0.15) is 50.2 Å². The van der Waals surface area contributed by atoms with E-state index in [0.29, 0.717) is 0 Å². The molecule has 0 amide bonds. The Bertz CT molecular complexity index is 434. The van der Waals surface area contributed by atoms with Gasteiger partial charge in [0.15, 0.2) is 0 Å². The summed E-state index contributed by atoms with van der Waals surface area (Å²) in [6, 6.07) is 0. The van der Waals surface area contributed by atoms with E-state index in [9.17, 15) is 0 Å². The molecule has 0 N–H and O–H groups in total. The van der Waals surface area contributed by atoms with Gasteiger partial charge in [-0.2, -0.15) is 5.10 Å². The molecule has 4 heteroatoms. The summed E-state index contributed by atoms with van der Waals surface area (Å²) >= 11 is 0. The normalized spacial score (nSPS) is 25.4. The van der Waals surface area contributed by atoms with Crippen molar-refractivity contribution in [1.82, 2.24) is 19.7 Å². The van der Waals surface area contributed by atoms with E-state index in [2.05, 4.69) is 26.6 Å². The van der Waals surface area contributed by atoms with Crippen LogP contribution in [-0.4, -0.2) is 39.3 Å². The molecule has 1 saturated carbocycles. The van der Waals surface area contributed by atoms with Gasteiger partial charge in [-0.3, -0.25) is 0 Å². The van der Waals surface area contributed by atoms with Crippen molar-refractivity contribution in [3.8, 4) is 0 Å². The van der Waals surface area contributed by atoms with Gasteiger partial charge in [0.25, 0.3) is 0 Å². The fourth-order valence-electron chi connectivity index (χ4n) is 4.00. The Morgan fingerprint density at radius 3 is 2.45 bits per heavy atom. The van der Waals surface area contributed by atoms with Crippen molar-refractivity contribution in [2.75, 3.05) is 19.6 Å². The Labute approximate surface area is 122 Å². The van der Waals surface area contributed by atoms with Gasteiger partial charge in [-0.25, -0.2) is 9.67 Å². The molecule has 112 valence electrons. The zero-order valence-electron chi connectivity index (χ0n) is 13.0. The van der Waals surface area contributed by atoms with Crippen LogP contribution in [-0.2, 0) is 6.54 Å². The lowest BCUT2D eigenvalue weighted by Crippen LogP contribution is -2.39. The molecule has 0 spiro atoms. The molecule has 2 heterocycles. The number of nitrogens with zero attached hydrogens (tertiary/aromatic N) is 4. The third-order valence-electron chi connectivity index (χ3n) is 4.99. The maximum absolute atomic E-state index is 4.52. The lowest BCUT2D eigenvalue weighted by molar-refractivity contribution is 0.139. The lowest BCUT2D eigenvalue weighted by Gasteiger charge is -2.34. The predicted molar refractivity (Wildman–Crippen MR) is 80.6 cm³/mol. The smallest absolute Gasteiger partial charge is 0.147 e. The number of aromatic nitrogens is 3. The van der Waals surface area contributed by atoms with Crippen LogP contribution in [0, 0.1) is 25.7 Å². The van der Waals surface area contributed by atoms with Crippen LogP contribution in [0.3, 0.4) is 0 Å². The molecule has 1 aliphatic heterocycles. The van der Waals surface area contributed by atoms with Gasteiger partial charge < -0.3 is 4.90 Å². The van der Waals surface area contributed by atoms with Crippen molar-refractivity contribution < 1.29 is 0 Å². The number of piperidine rings is 1. The van der Waals surface area contributed by atoms with Crippen LogP contribution >= 0.6 is 0 Å². The molecule has 1 saturated heterocycles. The summed E-state index contributed by atoms with van der Waals surface area (Å²) in [7, 11) is 0. The summed E-state index contributed by atoms with van der Waals surface area (Å²) in [5, 5.41) is 4.52. The van der Waals surface area contributed by atoms with Gasteiger partial charge in [0.05, 0.1) is 0 Å². The maximum atomic E-state index is 4.52. The summed E-state index contributed by atoms with van der Waals surface area (Å²) in [6.45, 7) is 9.01. The highest BCUT2D eigenvalue weighted by Gasteiger charge is 2.24. The van der Waals surface area contributed by atoms with E-state index in [1.54, 1.807) is 0 Å². The van der Waals surface area contributed by atoms with Crippen LogP contribution in [0.5, 0.6) is 0 Å². The molecule has 1 unspecified atom stereocenters. The second kappa shape index (κ2) is 6.25. The Hall–Kier alpha value is -0.900. The van der Waals surface area contributed by atoms with Crippen molar-refractivity contribution in [2.45, 2.75) is 58.9 Å². The van der Waals surface area contributed by atoms with E-state index in [4.69, 9.17) is 0 Å². The molecule has 0 aromatic carbocycles. The Morgan fingerprint density at radius 1 is 1.00 bits per heavy atom. The molecule has 0 bridgehead atoms. The first-order valence-electron chi connectivity index (χ1n) is 8.31. The largest absolute Gasteiger partial charge is 0.303 e. The maximum Gasteiger partial charge on any atom is 0.147 e. The standard InChI is InChI=1S/C16H28N4/c1-13-17-14(2)20(18-13)12-16-8-5-9-19(11-16)10-15-6-3-4-7-15/h15-16H,3-12H2,1-2H3. The molecule has 1 aromatic rings. The fraction of sp³-hybridized carbons (Fsp3) is 0.875. The second-order valence-corrected chi connectivity index (χ2v) is 6.81. The van der Waals surface area contributed by atoms with Crippen LogP contribution in [0.4, 0.5) is 0 Å². The Morgan fingerprint density at radius 2 is 1.75 bits per heavy atom. The first kappa shape index (κ1) is 14.1. The van der Waals surface area contributed by atoms with E-state index >= 15 is 0 Å². The molecule has 20 heavy (non-hydrogen) atoms. The number of aryl methyl sites for hydroxylation is 2. The molecular weight excluding hydrogens is 248 g/mol. The average Bonchev–Trinajstić information content (AvgIpc) is 3.01. The predicted octanol–water partition coefficient (Wildman–Crippen LogP) is 2.80. The van der Waals surface area contributed by atoms with Gasteiger partial charge in [0, 0.05) is 19.6 Å². The molecule has 1 aromatic heterocycles. The summed E-state index contributed by atoms with van der Waals surface area (Å²) in [5.41, 5.74) is 0. The Balaban J connectivity index is 1.53. The molecule has 0 radical (unpaired) electrons. The number of hydrogen-bond donors (Lipinski definition) is 0. The van der Waals surface area contributed by atoms with E-state index in [-0.39, 0.29) is 0 Å². The van der Waals surface area contributed by atoms with E-state index in [1.165, 1.54) is 58.2 Å². The van der Waals surface area contributed by atoms with Crippen LogP contribution in [0.15, 0.2) is 0 Å². The van der Waals surface area contributed by atoms with Gasteiger partial charge in [-0.05, 0) is 57.9 Å². The van der Waals surface area contributed by atoms with Crippen LogP contribution in [0.25, 0.3) is 0 Å². The van der Waals surface area contributed by atoms with Gasteiger partial charge in [0.2, 0.25) is 0 Å². The van der Waals surface area contributed by atoms with Crippen molar-refractivity contribution >= 4 is 0 Å². The average molecular weight is 276 g/mol. The number of hydrogen-bond acceptors (Lipinski definition) is 3. The monoisotopic (exact) mass is 276 g/mol. The minimum atomic E-state index is 0.755. The Kier molecular flexibility index (Phi) is 4.39.